The van der Waals surface area contributed by atoms with Gasteiger partial charge < -0.3 is 0 Å². The second kappa shape index (κ2) is 3.73. The number of Topliss-reactive ketones (excluding diaryl/α,β-unsaturated/α-hetero) is 2. The molecule has 0 N–H and O–H groups in total. The van der Waals surface area contributed by atoms with Gasteiger partial charge in [0.05, 0.1) is 0 Å². The fourth-order valence-corrected chi connectivity index (χ4v) is 2.91. The van der Waals surface area contributed by atoms with Gasteiger partial charge in [0.25, 0.3) is 0 Å². The summed E-state index contributed by atoms with van der Waals surface area (Å²) in [5.74, 6) is -1.29. The number of aryl methyl sites for hydroxylation is 1. The van der Waals surface area contributed by atoms with Crippen LogP contribution in [0.3, 0.4) is 0 Å². The third-order valence-corrected chi connectivity index (χ3v) is 3.75. The quantitative estimate of drug-likeness (QED) is 0.427. The summed E-state index contributed by atoms with van der Waals surface area (Å²) in [6.07, 6.45) is 3.65. The Kier molecular flexibility index (Phi) is 2.29. The molecule has 3 rings (SSSR count). The molecule has 0 amide bonds. The number of nitrogens with zero attached hydrogens (tertiary/aromatic N) is 1. The lowest BCUT2D eigenvalue weighted by Crippen LogP contribution is -2.31. The molecule has 92 valence electrons. The van der Waals surface area contributed by atoms with Crippen molar-refractivity contribution in [2.45, 2.75) is 31.7 Å². The number of benzene rings is 1. The number of rotatable bonds is 1. The maximum Gasteiger partial charge on any atom is 0.336 e. The maximum absolute atomic E-state index is 12.1. The van der Waals surface area contributed by atoms with Crippen molar-refractivity contribution in [1.29, 1.82) is 0 Å². The van der Waals surface area contributed by atoms with Crippen molar-refractivity contribution in [3.63, 3.8) is 0 Å². The second-order valence-corrected chi connectivity index (χ2v) is 4.75. The molecule has 0 saturated heterocycles. The molecule has 0 aliphatic heterocycles. The van der Waals surface area contributed by atoms with Crippen molar-refractivity contribution in [2.24, 2.45) is 0 Å². The van der Waals surface area contributed by atoms with Gasteiger partial charge in [-0.15, -0.1) is 0 Å². The third-order valence-electron chi connectivity index (χ3n) is 3.75. The lowest BCUT2D eigenvalue weighted by atomic mass is 9.86. The van der Waals surface area contributed by atoms with Gasteiger partial charge in [0.15, 0.2) is 0 Å². The van der Waals surface area contributed by atoms with Crippen LogP contribution >= 0.6 is 0 Å². The van der Waals surface area contributed by atoms with Gasteiger partial charge in [-0.1, -0.05) is 12.1 Å². The fourth-order valence-electron chi connectivity index (χ4n) is 2.91. The van der Waals surface area contributed by atoms with Gasteiger partial charge in [-0.05, 0) is 36.8 Å². The Bertz CT molecular complexity index is 591. The molecule has 18 heavy (non-hydrogen) atoms. The first kappa shape index (κ1) is 11.1. The third kappa shape index (κ3) is 1.33. The normalized spacial score (nSPS) is 21.7. The molecule has 1 atom stereocenters. The minimum absolute atomic E-state index is 0.238. The summed E-state index contributed by atoms with van der Waals surface area (Å²) in [7, 11) is 0. The molecule has 0 saturated carbocycles. The van der Waals surface area contributed by atoms with Crippen molar-refractivity contribution >= 4 is 11.6 Å². The molecule has 0 spiro atoms. The highest BCUT2D eigenvalue weighted by Gasteiger charge is 2.48. The van der Waals surface area contributed by atoms with E-state index in [9.17, 15) is 19.7 Å². The number of hydrogen-bond donors (Lipinski definition) is 0. The number of nitro groups is 1. The molecule has 0 unspecified atom stereocenters. The fraction of sp³-hybridized carbons (Fsp3) is 0.385. The summed E-state index contributed by atoms with van der Waals surface area (Å²) in [6, 6.07) is 1.69. The van der Waals surface area contributed by atoms with Crippen molar-refractivity contribution in [3.8, 4) is 0 Å². The standard InChI is InChI=1S/C13H11NO4/c15-12-9-6-5-7-3-1-2-4-8(7)10(9)13(16)11(12)14(17)18/h5-6,11H,1-4H2/t11-/m0/s1. The van der Waals surface area contributed by atoms with Gasteiger partial charge in [0.2, 0.25) is 11.6 Å². The van der Waals surface area contributed by atoms with E-state index in [4.69, 9.17) is 0 Å². The Morgan fingerprint density at radius 3 is 2.56 bits per heavy atom. The Morgan fingerprint density at radius 1 is 1.11 bits per heavy atom. The summed E-state index contributed by atoms with van der Waals surface area (Å²) < 4.78 is 0. The molecule has 0 aromatic heterocycles. The predicted molar refractivity (Wildman–Crippen MR) is 62.5 cm³/mol. The van der Waals surface area contributed by atoms with Gasteiger partial charge in [-0.25, -0.2) is 0 Å². The van der Waals surface area contributed by atoms with E-state index >= 15 is 0 Å². The highest BCUT2D eigenvalue weighted by Crippen LogP contribution is 2.33. The van der Waals surface area contributed by atoms with Crippen molar-refractivity contribution in [2.75, 3.05) is 0 Å². The summed E-state index contributed by atoms with van der Waals surface area (Å²) >= 11 is 0. The summed E-state index contributed by atoms with van der Waals surface area (Å²) in [4.78, 5) is 34.0. The van der Waals surface area contributed by atoms with Gasteiger partial charge >= 0.3 is 6.04 Å². The molecule has 0 fully saturated rings. The largest absolute Gasteiger partial charge is 0.336 e. The molecule has 5 nitrogen and oxygen atoms in total. The number of carbonyl (C=O) groups excluding carboxylic acids is 2. The SMILES string of the molecule is O=C1c2ccc3c(c2C(=O)[C@H]1[N+](=O)[O-])CCCC3. The molecule has 1 aromatic rings. The highest BCUT2D eigenvalue weighted by molar-refractivity contribution is 6.29. The Morgan fingerprint density at radius 2 is 1.83 bits per heavy atom. The minimum Gasteiger partial charge on any atom is -0.286 e. The van der Waals surface area contributed by atoms with Crippen LogP contribution in [0.25, 0.3) is 0 Å². The van der Waals surface area contributed by atoms with Crippen LogP contribution in [0, 0.1) is 10.1 Å². The first-order valence-corrected chi connectivity index (χ1v) is 5.98. The molecule has 0 heterocycles. The molecule has 2 aliphatic carbocycles. The van der Waals surface area contributed by atoms with E-state index in [-0.39, 0.29) is 5.56 Å². The van der Waals surface area contributed by atoms with Crippen LogP contribution < -0.4 is 0 Å². The van der Waals surface area contributed by atoms with Gasteiger partial charge in [0, 0.05) is 16.1 Å². The number of fused-ring (bicyclic) bond motifs is 3. The zero-order chi connectivity index (χ0) is 12.9. The predicted octanol–water partition coefficient (Wildman–Crippen LogP) is 1.59. The number of ketones is 2. The van der Waals surface area contributed by atoms with E-state index in [0.29, 0.717) is 5.56 Å². The van der Waals surface area contributed by atoms with E-state index in [1.165, 1.54) is 0 Å². The van der Waals surface area contributed by atoms with Crippen LogP contribution in [0.15, 0.2) is 12.1 Å². The molecule has 1 aromatic carbocycles. The Labute approximate surface area is 103 Å². The van der Waals surface area contributed by atoms with Crippen molar-refractivity contribution in [3.05, 3.63) is 44.5 Å². The van der Waals surface area contributed by atoms with Gasteiger partial charge in [-0.3, -0.25) is 19.7 Å². The van der Waals surface area contributed by atoms with Crippen LogP contribution in [0.2, 0.25) is 0 Å². The summed E-state index contributed by atoms with van der Waals surface area (Å²) in [6.45, 7) is 0. The maximum atomic E-state index is 12.1. The second-order valence-electron chi connectivity index (χ2n) is 4.75. The van der Waals surface area contributed by atoms with E-state index in [2.05, 4.69) is 0 Å². The van der Waals surface area contributed by atoms with Crippen LogP contribution in [0.4, 0.5) is 0 Å². The van der Waals surface area contributed by atoms with Gasteiger partial charge in [0.1, 0.15) is 0 Å². The summed E-state index contributed by atoms with van der Waals surface area (Å²) in [5, 5.41) is 10.8. The van der Waals surface area contributed by atoms with E-state index < -0.39 is 22.5 Å². The smallest absolute Gasteiger partial charge is 0.286 e. The van der Waals surface area contributed by atoms with Crippen molar-refractivity contribution < 1.29 is 14.5 Å². The van der Waals surface area contributed by atoms with E-state index in [1.54, 1.807) is 6.07 Å². The number of hydrogen-bond acceptors (Lipinski definition) is 4. The van der Waals surface area contributed by atoms with Crippen molar-refractivity contribution in [1.82, 2.24) is 0 Å². The van der Waals surface area contributed by atoms with Crippen LogP contribution in [-0.4, -0.2) is 22.5 Å². The van der Waals surface area contributed by atoms with E-state index in [0.717, 1.165) is 36.8 Å². The van der Waals surface area contributed by atoms with Gasteiger partial charge in [-0.2, -0.15) is 0 Å². The molecular weight excluding hydrogens is 234 g/mol. The van der Waals surface area contributed by atoms with Crippen LogP contribution in [0.5, 0.6) is 0 Å². The van der Waals surface area contributed by atoms with Crippen LogP contribution in [0.1, 0.15) is 44.7 Å². The molecule has 0 radical (unpaired) electrons. The Hall–Kier alpha value is -2.04. The summed E-state index contributed by atoms with van der Waals surface area (Å²) in [5.41, 5.74) is 2.48. The van der Waals surface area contributed by atoms with E-state index in [1.807, 2.05) is 6.07 Å². The average Bonchev–Trinajstić information content (AvgIpc) is 2.62. The Balaban J connectivity index is 2.21. The monoisotopic (exact) mass is 245 g/mol. The van der Waals surface area contributed by atoms with Crippen LogP contribution in [-0.2, 0) is 12.8 Å². The number of carbonyl (C=O) groups is 2. The molecule has 2 aliphatic rings. The highest BCUT2D eigenvalue weighted by atomic mass is 16.6. The lowest BCUT2D eigenvalue weighted by molar-refractivity contribution is -0.488. The zero-order valence-corrected chi connectivity index (χ0v) is 9.64. The molecular formula is C13H11NO4. The minimum atomic E-state index is -1.71. The first-order chi connectivity index (χ1) is 8.61. The lowest BCUT2D eigenvalue weighted by Gasteiger charge is -2.17. The molecule has 0 bridgehead atoms. The first-order valence-electron chi connectivity index (χ1n) is 5.98. The molecule has 5 heteroatoms. The topological polar surface area (TPSA) is 77.3 Å². The zero-order valence-electron chi connectivity index (χ0n) is 9.64. The average molecular weight is 245 g/mol.